The first-order valence-electron chi connectivity index (χ1n) is 16.8. The third-order valence-electron chi connectivity index (χ3n) is 6.88. The molecule has 61 heavy (non-hydrogen) atoms. The standard InChI is InChI=1S/C32H34N8O16S5/c1-2-15-51-56-57-23-9-3-20(4-10-23)35-38-29-26(32(41)42)30(39-36-21-5-11-24(12-6-21)58(43)52-16-18-54-60(45,46)47)28(34)31(27(29)33)40-37-22-7-13-25(14-8-22)59(44)53-17-19-55-61(48,49)50/h3-14H,2,15-19,33-34H2,1H3,(H,41,42)(H,45,46,47)(H,48,49,50). The Morgan fingerprint density at radius 2 is 1.02 bits per heavy atom. The summed E-state index contributed by atoms with van der Waals surface area (Å²) < 4.78 is 108. The number of benzene rings is 4. The van der Waals surface area contributed by atoms with E-state index in [9.17, 15) is 35.2 Å². The Labute approximate surface area is 356 Å². The Hall–Kier alpha value is -5.02. The van der Waals surface area contributed by atoms with Gasteiger partial charge in [-0.1, -0.05) is 6.92 Å². The van der Waals surface area contributed by atoms with Gasteiger partial charge < -0.3 is 16.6 Å². The van der Waals surface area contributed by atoms with Crippen molar-refractivity contribution in [3.05, 3.63) is 78.4 Å². The van der Waals surface area contributed by atoms with Gasteiger partial charge in [-0.15, -0.1) is 15.3 Å². The minimum Gasteiger partial charge on any atom is -0.478 e. The molecule has 0 saturated carbocycles. The first-order valence-corrected chi connectivity index (χ1v) is 22.4. The van der Waals surface area contributed by atoms with Crippen LogP contribution in [0.15, 0.2) is 118 Å². The van der Waals surface area contributed by atoms with Gasteiger partial charge in [-0.25, -0.2) is 26.5 Å². The van der Waals surface area contributed by atoms with E-state index >= 15 is 0 Å². The summed E-state index contributed by atoms with van der Waals surface area (Å²) in [7, 11) is -9.41. The third-order valence-corrected chi connectivity index (χ3v) is 10.5. The van der Waals surface area contributed by atoms with Gasteiger partial charge in [0.25, 0.3) is 0 Å². The Morgan fingerprint density at radius 3 is 1.39 bits per heavy atom. The van der Waals surface area contributed by atoms with Crippen LogP contribution in [0.2, 0.25) is 0 Å². The SMILES string of the molecule is CCCOOSc1ccc(N=Nc2c(N)c(N=Nc3ccc(S(=O)OCCOS(=O)(=O)O)cc3)c(N)c(N=Nc3ccc(S(=O)OCCOS(=O)(=O)O)cc3)c2C(=O)O)cc1. The van der Waals surface area contributed by atoms with Crippen LogP contribution in [0.25, 0.3) is 0 Å². The molecule has 0 heterocycles. The first kappa shape index (κ1) is 48.6. The van der Waals surface area contributed by atoms with Crippen LogP contribution in [-0.4, -0.2) is 78.5 Å². The zero-order valence-electron chi connectivity index (χ0n) is 31.2. The largest absolute Gasteiger partial charge is 0.478 e. The fourth-order valence-corrected chi connectivity index (χ4v) is 6.65. The van der Waals surface area contributed by atoms with E-state index in [-0.39, 0.29) is 43.9 Å². The van der Waals surface area contributed by atoms with E-state index in [1.54, 1.807) is 24.3 Å². The van der Waals surface area contributed by atoms with Gasteiger partial charge in [0.2, 0.25) is 0 Å². The number of carbonyl (C=O) groups is 1. The number of nitrogen functional groups attached to an aromatic ring is 2. The highest BCUT2D eigenvalue weighted by Gasteiger charge is 2.27. The lowest BCUT2D eigenvalue weighted by molar-refractivity contribution is -0.190. The molecule has 0 fully saturated rings. The highest BCUT2D eigenvalue weighted by atomic mass is 32.3. The van der Waals surface area contributed by atoms with Gasteiger partial charge in [0.05, 0.1) is 83.3 Å². The van der Waals surface area contributed by atoms with Crippen LogP contribution in [-0.2, 0) is 68.9 Å². The zero-order chi connectivity index (χ0) is 44.6. The van der Waals surface area contributed by atoms with E-state index in [1.807, 2.05) is 6.92 Å². The van der Waals surface area contributed by atoms with Crippen molar-refractivity contribution in [2.24, 2.45) is 30.7 Å². The molecule has 328 valence electrons. The summed E-state index contributed by atoms with van der Waals surface area (Å²) in [5, 5.41) is 35.0. The van der Waals surface area contributed by atoms with Crippen LogP contribution in [0.4, 0.5) is 45.5 Å². The number of azo groups is 3. The van der Waals surface area contributed by atoms with Crippen LogP contribution >= 0.6 is 12.0 Å². The third kappa shape index (κ3) is 16.1. The van der Waals surface area contributed by atoms with Crippen LogP contribution < -0.4 is 11.5 Å². The van der Waals surface area contributed by atoms with Crippen LogP contribution in [0.5, 0.6) is 0 Å². The monoisotopic (exact) mass is 946 g/mol. The van der Waals surface area contributed by atoms with E-state index in [4.69, 9.17) is 38.2 Å². The Kier molecular flexibility index (Phi) is 18.6. The molecule has 0 bridgehead atoms. The molecule has 4 aromatic carbocycles. The number of hydrogen-bond donors (Lipinski definition) is 5. The summed E-state index contributed by atoms with van der Waals surface area (Å²) in [5.41, 5.74) is 10.9. The summed E-state index contributed by atoms with van der Waals surface area (Å²) in [6.07, 6.45) is 0.755. The molecular formula is C32H34N8O16S5. The molecule has 0 spiro atoms. The van der Waals surface area contributed by atoms with E-state index in [2.05, 4.69) is 39.1 Å². The molecule has 2 unspecified atom stereocenters. The lowest BCUT2D eigenvalue weighted by Crippen LogP contribution is -2.11. The van der Waals surface area contributed by atoms with Crippen LogP contribution in [0.3, 0.4) is 0 Å². The minimum atomic E-state index is -4.71. The van der Waals surface area contributed by atoms with Crippen molar-refractivity contribution in [1.29, 1.82) is 0 Å². The molecule has 0 aliphatic rings. The summed E-state index contributed by atoms with van der Waals surface area (Å²) in [4.78, 5) is 18.7. The van der Waals surface area contributed by atoms with Crippen molar-refractivity contribution in [3.8, 4) is 0 Å². The second kappa shape index (κ2) is 23.3. The van der Waals surface area contributed by atoms with Gasteiger partial charge in [0.1, 0.15) is 22.6 Å². The molecule has 4 rings (SSSR count). The zero-order valence-corrected chi connectivity index (χ0v) is 35.3. The van der Waals surface area contributed by atoms with Crippen LogP contribution in [0.1, 0.15) is 23.7 Å². The Bertz CT molecular complexity index is 2510. The highest BCUT2D eigenvalue weighted by Crippen LogP contribution is 2.49. The second-order valence-corrected chi connectivity index (χ2v) is 16.5. The summed E-state index contributed by atoms with van der Waals surface area (Å²) in [5.74, 6) is -1.57. The smallest absolute Gasteiger partial charge is 0.397 e. The molecule has 0 aromatic heterocycles. The highest BCUT2D eigenvalue weighted by molar-refractivity contribution is 7.94. The predicted molar refractivity (Wildman–Crippen MR) is 217 cm³/mol. The fourth-order valence-electron chi connectivity index (χ4n) is 4.22. The van der Waals surface area contributed by atoms with Crippen molar-refractivity contribution in [2.45, 2.75) is 28.0 Å². The van der Waals surface area contributed by atoms with Gasteiger partial charge in [0.15, 0.2) is 22.2 Å². The molecule has 29 heteroatoms. The molecule has 0 saturated heterocycles. The summed E-state index contributed by atoms with van der Waals surface area (Å²) >= 11 is -3.18. The number of aromatic carboxylic acids is 1. The van der Waals surface area contributed by atoms with Crippen molar-refractivity contribution < 1.29 is 70.2 Å². The van der Waals surface area contributed by atoms with E-state index in [1.165, 1.54) is 48.5 Å². The Balaban J connectivity index is 1.66. The van der Waals surface area contributed by atoms with Gasteiger partial charge in [-0.3, -0.25) is 17.5 Å². The van der Waals surface area contributed by atoms with Gasteiger partial charge in [-0.2, -0.15) is 36.5 Å². The number of anilines is 2. The van der Waals surface area contributed by atoms with Crippen molar-refractivity contribution >= 4 is 106 Å². The average Bonchev–Trinajstić information content (AvgIpc) is 3.21. The van der Waals surface area contributed by atoms with Crippen molar-refractivity contribution in [2.75, 3.05) is 44.5 Å². The predicted octanol–water partition coefficient (Wildman–Crippen LogP) is 6.88. The average molecular weight is 947 g/mol. The molecule has 0 aliphatic carbocycles. The molecule has 0 aliphatic heterocycles. The lowest BCUT2D eigenvalue weighted by atomic mass is 10.1. The molecule has 7 N–H and O–H groups in total. The van der Waals surface area contributed by atoms with Crippen LogP contribution in [0, 0.1) is 0 Å². The minimum absolute atomic E-state index is 0.115. The quantitative estimate of drug-likeness (QED) is 0.00908. The van der Waals surface area contributed by atoms with Crippen molar-refractivity contribution in [3.63, 3.8) is 0 Å². The fraction of sp³-hybridized carbons (Fsp3) is 0.219. The number of nitrogens with zero attached hydrogens (tertiary/aromatic N) is 6. The number of hydrogen-bond acceptors (Lipinski definition) is 22. The topological polar surface area (TPSA) is 362 Å². The lowest BCUT2D eigenvalue weighted by Gasteiger charge is -2.13. The Morgan fingerprint density at radius 1 is 0.623 bits per heavy atom. The van der Waals surface area contributed by atoms with Gasteiger partial charge >= 0.3 is 26.8 Å². The van der Waals surface area contributed by atoms with E-state index in [0.29, 0.717) is 11.5 Å². The molecule has 0 radical (unpaired) electrons. The maximum absolute atomic E-state index is 12.8. The van der Waals surface area contributed by atoms with Gasteiger partial charge in [-0.05, 0) is 79.2 Å². The van der Waals surface area contributed by atoms with E-state index in [0.717, 1.165) is 18.5 Å². The summed E-state index contributed by atoms with van der Waals surface area (Å²) in [6.45, 7) is 0.242. The molecule has 24 nitrogen and oxygen atoms in total. The maximum Gasteiger partial charge on any atom is 0.397 e. The maximum atomic E-state index is 12.8. The molecule has 4 aromatic rings. The number of carboxylic acids is 1. The number of carboxylic acid groups (broad SMARTS) is 1. The molecule has 0 amide bonds. The molecule has 2 atom stereocenters. The summed E-state index contributed by atoms with van der Waals surface area (Å²) in [6, 6.07) is 17.3. The number of rotatable bonds is 24. The number of nitrogens with two attached hydrogens (primary N) is 2. The first-order chi connectivity index (χ1) is 29.0. The van der Waals surface area contributed by atoms with E-state index < -0.39 is 92.3 Å². The normalized spacial score (nSPS) is 13.4. The second-order valence-electron chi connectivity index (χ2n) is 11.2. The van der Waals surface area contributed by atoms with Crippen molar-refractivity contribution in [1.82, 2.24) is 0 Å². The van der Waals surface area contributed by atoms with Gasteiger partial charge in [0, 0.05) is 4.90 Å². The molecular weight excluding hydrogens is 913 g/mol.